The number of carbonyl (C=O) groups is 2. The number of rotatable bonds is 7. The van der Waals surface area contributed by atoms with E-state index in [9.17, 15) is 18.0 Å². The van der Waals surface area contributed by atoms with Gasteiger partial charge in [-0.1, -0.05) is 31.2 Å². The van der Waals surface area contributed by atoms with Crippen LogP contribution in [0.1, 0.15) is 29.3 Å². The van der Waals surface area contributed by atoms with Gasteiger partial charge in [0.15, 0.2) is 0 Å². The Morgan fingerprint density at radius 2 is 1.77 bits per heavy atom. The molecule has 0 unspecified atom stereocenters. The van der Waals surface area contributed by atoms with Crippen molar-refractivity contribution in [1.29, 1.82) is 0 Å². The Morgan fingerprint density at radius 3 is 2.55 bits per heavy atom. The van der Waals surface area contributed by atoms with E-state index in [1.54, 1.807) is 37.3 Å². The SMILES string of the molecule is CCC(=O)Nc1cccc(NS(=O)(=O)c2ccc(-c3cnc(N)c(-c4ccc5c(c4)CCNC5=O)c3)c(F)c2)c1. The molecule has 204 valence electrons. The molecule has 0 spiro atoms. The zero-order valence-corrected chi connectivity index (χ0v) is 22.3. The normalized spacial score (nSPS) is 12.8. The Hall–Kier alpha value is -4.77. The van der Waals surface area contributed by atoms with Gasteiger partial charge >= 0.3 is 0 Å². The van der Waals surface area contributed by atoms with Crippen LogP contribution in [0.25, 0.3) is 22.3 Å². The number of nitrogens with one attached hydrogen (secondary N) is 3. The quantitative estimate of drug-likeness (QED) is 0.261. The topological polar surface area (TPSA) is 143 Å². The Balaban J connectivity index is 1.42. The summed E-state index contributed by atoms with van der Waals surface area (Å²) in [6.45, 7) is 2.25. The van der Waals surface area contributed by atoms with E-state index < -0.39 is 15.8 Å². The van der Waals surface area contributed by atoms with Crippen molar-refractivity contribution in [2.24, 2.45) is 0 Å². The summed E-state index contributed by atoms with van der Waals surface area (Å²) in [5.41, 5.74) is 10.1. The highest BCUT2D eigenvalue weighted by Crippen LogP contribution is 2.33. The molecule has 0 saturated carbocycles. The third-order valence-corrected chi connectivity index (χ3v) is 7.92. The van der Waals surface area contributed by atoms with Gasteiger partial charge in [-0.3, -0.25) is 14.3 Å². The zero-order valence-electron chi connectivity index (χ0n) is 21.5. The molecule has 5 N–H and O–H groups in total. The molecule has 40 heavy (non-hydrogen) atoms. The lowest BCUT2D eigenvalue weighted by molar-refractivity contribution is -0.115. The van der Waals surface area contributed by atoms with Crippen LogP contribution in [-0.4, -0.2) is 31.8 Å². The van der Waals surface area contributed by atoms with Crippen molar-refractivity contribution in [1.82, 2.24) is 10.3 Å². The minimum absolute atomic E-state index is 0.129. The van der Waals surface area contributed by atoms with Crippen LogP contribution in [-0.2, 0) is 21.2 Å². The van der Waals surface area contributed by atoms with Gasteiger partial charge in [-0.15, -0.1) is 0 Å². The van der Waals surface area contributed by atoms with E-state index >= 15 is 4.39 Å². The van der Waals surface area contributed by atoms with E-state index in [4.69, 9.17) is 5.73 Å². The van der Waals surface area contributed by atoms with Crippen LogP contribution in [0, 0.1) is 5.82 Å². The summed E-state index contributed by atoms with van der Waals surface area (Å²) in [7, 11) is -4.13. The number of nitrogen functional groups attached to an aromatic ring is 1. The maximum atomic E-state index is 15.3. The van der Waals surface area contributed by atoms with Crippen molar-refractivity contribution in [2.75, 3.05) is 22.3 Å². The van der Waals surface area contributed by atoms with E-state index in [0.717, 1.165) is 17.2 Å². The first-order valence-electron chi connectivity index (χ1n) is 12.5. The smallest absolute Gasteiger partial charge is 0.261 e. The number of nitrogens with two attached hydrogens (primary N) is 1. The molecular weight excluding hydrogens is 533 g/mol. The molecule has 5 rings (SSSR count). The summed E-state index contributed by atoms with van der Waals surface area (Å²) in [6.07, 6.45) is 2.38. The van der Waals surface area contributed by atoms with Gasteiger partial charge in [-0.2, -0.15) is 0 Å². The van der Waals surface area contributed by atoms with Gasteiger partial charge in [-0.05, 0) is 60.0 Å². The summed E-state index contributed by atoms with van der Waals surface area (Å²) in [5.74, 6) is -0.858. The van der Waals surface area contributed by atoms with Crippen LogP contribution < -0.4 is 21.1 Å². The number of amides is 2. The Morgan fingerprint density at radius 1 is 1.00 bits per heavy atom. The van der Waals surface area contributed by atoms with E-state index in [2.05, 4.69) is 20.3 Å². The summed E-state index contributed by atoms with van der Waals surface area (Å²) in [5, 5.41) is 5.47. The minimum atomic E-state index is -4.13. The van der Waals surface area contributed by atoms with Crippen molar-refractivity contribution in [3.8, 4) is 22.3 Å². The molecule has 2 amide bonds. The van der Waals surface area contributed by atoms with Gasteiger partial charge in [0.05, 0.1) is 10.6 Å². The van der Waals surface area contributed by atoms with Crippen LogP contribution >= 0.6 is 0 Å². The van der Waals surface area contributed by atoms with Crippen molar-refractivity contribution >= 4 is 39.0 Å². The first-order valence-corrected chi connectivity index (χ1v) is 14.0. The molecule has 0 fully saturated rings. The molecule has 1 aromatic heterocycles. The van der Waals surface area contributed by atoms with Crippen molar-refractivity contribution in [2.45, 2.75) is 24.7 Å². The van der Waals surface area contributed by atoms with Crippen molar-refractivity contribution in [3.63, 3.8) is 0 Å². The van der Waals surface area contributed by atoms with Gasteiger partial charge in [-0.25, -0.2) is 17.8 Å². The number of fused-ring (bicyclic) bond motifs is 1. The summed E-state index contributed by atoms with van der Waals surface area (Å²) in [4.78, 5) is 27.7. The first-order chi connectivity index (χ1) is 19.1. The predicted molar refractivity (Wildman–Crippen MR) is 152 cm³/mol. The maximum Gasteiger partial charge on any atom is 0.261 e. The lowest BCUT2D eigenvalue weighted by atomic mass is 9.94. The number of sulfonamides is 1. The second kappa shape index (κ2) is 10.8. The minimum Gasteiger partial charge on any atom is -0.383 e. The van der Waals surface area contributed by atoms with Gasteiger partial charge in [0.25, 0.3) is 15.9 Å². The first kappa shape index (κ1) is 26.8. The van der Waals surface area contributed by atoms with Gasteiger partial charge < -0.3 is 16.4 Å². The number of hydrogen-bond donors (Lipinski definition) is 4. The molecule has 0 bridgehead atoms. The number of aromatic nitrogens is 1. The Kier molecular flexibility index (Phi) is 7.22. The standard InChI is InChI=1S/C29H26FN5O4S/c1-2-27(36)34-20-4-3-5-21(14-20)35-40(38,39)22-7-9-23(26(30)15-22)19-13-25(28(31)33-16-19)17-6-8-24-18(12-17)10-11-32-29(24)37/h3-9,12-16,35H,2,10-11H2,1H3,(H2,31,33)(H,32,37)(H,34,36). The maximum absolute atomic E-state index is 15.3. The fourth-order valence-corrected chi connectivity index (χ4v) is 5.53. The van der Waals surface area contributed by atoms with E-state index in [-0.39, 0.29) is 40.2 Å². The molecule has 0 saturated heterocycles. The van der Waals surface area contributed by atoms with Gasteiger partial charge in [0, 0.05) is 47.1 Å². The fourth-order valence-electron chi connectivity index (χ4n) is 4.47. The Labute approximate surface area is 230 Å². The zero-order chi connectivity index (χ0) is 28.4. The van der Waals surface area contributed by atoms with Crippen LogP contribution in [0.15, 0.2) is 77.8 Å². The number of benzene rings is 3. The number of pyridine rings is 1. The molecular formula is C29H26FN5O4S. The number of nitrogens with zero attached hydrogens (tertiary/aromatic N) is 1. The van der Waals surface area contributed by atoms with Crippen LogP contribution in [0.4, 0.5) is 21.6 Å². The highest BCUT2D eigenvalue weighted by atomic mass is 32.2. The molecule has 0 atom stereocenters. The van der Waals surface area contributed by atoms with E-state index in [1.807, 2.05) is 6.07 Å². The average molecular weight is 560 g/mol. The van der Waals surface area contributed by atoms with Crippen molar-refractivity contribution < 1.29 is 22.4 Å². The monoisotopic (exact) mass is 559 g/mol. The van der Waals surface area contributed by atoms with Crippen molar-refractivity contribution in [3.05, 3.63) is 89.9 Å². The second-order valence-corrected chi connectivity index (χ2v) is 10.9. The van der Waals surface area contributed by atoms with Gasteiger partial charge in [0.2, 0.25) is 5.91 Å². The largest absolute Gasteiger partial charge is 0.383 e. The summed E-state index contributed by atoms with van der Waals surface area (Å²) < 4.78 is 43.7. The third-order valence-electron chi connectivity index (χ3n) is 6.54. The molecule has 0 aliphatic carbocycles. The van der Waals surface area contributed by atoms with Crippen LogP contribution in [0.3, 0.4) is 0 Å². The van der Waals surface area contributed by atoms with Crippen LogP contribution in [0.5, 0.6) is 0 Å². The second-order valence-electron chi connectivity index (χ2n) is 9.26. The molecule has 1 aliphatic heterocycles. The predicted octanol–water partition coefficient (Wildman–Crippen LogP) is 4.57. The number of halogens is 1. The third kappa shape index (κ3) is 5.50. The van der Waals surface area contributed by atoms with E-state index in [0.29, 0.717) is 35.3 Å². The number of hydrogen-bond acceptors (Lipinski definition) is 6. The Bertz CT molecular complexity index is 1760. The fraction of sp³-hybridized carbons (Fsp3) is 0.138. The number of carbonyl (C=O) groups excluding carboxylic acids is 2. The molecule has 1 aliphatic rings. The van der Waals surface area contributed by atoms with Crippen LogP contribution in [0.2, 0.25) is 0 Å². The molecule has 4 aromatic rings. The lowest BCUT2D eigenvalue weighted by Gasteiger charge is -2.18. The molecule has 9 nitrogen and oxygen atoms in total. The van der Waals surface area contributed by atoms with E-state index in [1.165, 1.54) is 30.5 Å². The summed E-state index contributed by atoms with van der Waals surface area (Å²) >= 11 is 0. The number of anilines is 3. The molecule has 11 heteroatoms. The average Bonchev–Trinajstić information content (AvgIpc) is 2.93. The highest BCUT2D eigenvalue weighted by molar-refractivity contribution is 7.92. The molecule has 2 heterocycles. The highest BCUT2D eigenvalue weighted by Gasteiger charge is 2.20. The van der Waals surface area contributed by atoms with Gasteiger partial charge in [0.1, 0.15) is 11.6 Å². The molecule has 0 radical (unpaired) electrons. The summed E-state index contributed by atoms with van der Waals surface area (Å²) in [6, 6.07) is 16.9. The lowest BCUT2D eigenvalue weighted by Crippen LogP contribution is -2.31. The molecule has 3 aromatic carbocycles.